The molecule has 80 valence electrons. The van der Waals surface area contributed by atoms with Crippen molar-refractivity contribution in [2.45, 2.75) is 46.1 Å². The summed E-state index contributed by atoms with van der Waals surface area (Å²) in [5.74, 6) is -3.16. The molecule has 0 aromatic heterocycles. The summed E-state index contributed by atoms with van der Waals surface area (Å²) in [5.41, 5.74) is 0. The normalized spacial score (nSPS) is 15.5. The van der Waals surface area contributed by atoms with E-state index < -0.39 is 11.8 Å². The summed E-state index contributed by atoms with van der Waals surface area (Å²) in [4.78, 5) is 1.72. The van der Waals surface area contributed by atoms with Gasteiger partial charge in [0.05, 0.1) is 6.54 Å². The van der Waals surface area contributed by atoms with E-state index in [0.717, 1.165) is 6.42 Å². The standard InChI is InChI=1S/C10H21F2N/c1-6-9(4)13(5)7-10(11,12)8(2)3/h8-9H,6-7H2,1-5H3. The van der Waals surface area contributed by atoms with E-state index in [0.29, 0.717) is 0 Å². The Labute approximate surface area is 80.1 Å². The SMILES string of the molecule is CCC(C)N(C)CC(F)(F)C(C)C. The second-order valence-corrected chi connectivity index (χ2v) is 4.09. The van der Waals surface area contributed by atoms with Gasteiger partial charge in [-0.05, 0) is 20.4 Å². The highest BCUT2D eigenvalue weighted by Crippen LogP contribution is 2.25. The van der Waals surface area contributed by atoms with Crippen LogP contribution in [0.4, 0.5) is 8.78 Å². The fourth-order valence-electron chi connectivity index (χ4n) is 0.983. The molecule has 0 aliphatic heterocycles. The molecule has 0 bridgehead atoms. The first kappa shape index (κ1) is 12.8. The Kier molecular flexibility index (Phi) is 4.82. The van der Waals surface area contributed by atoms with Gasteiger partial charge in [-0.3, -0.25) is 4.90 Å². The minimum atomic E-state index is -2.57. The van der Waals surface area contributed by atoms with Crippen LogP contribution in [0.15, 0.2) is 0 Å². The highest BCUT2D eigenvalue weighted by Gasteiger charge is 2.35. The largest absolute Gasteiger partial charge is 0.298 e. The second kappa shape index (κ2) is 4.89. The van der Waals surface area contributed by atoms with Gasteiger partial charge in [-0.15, -0.1) is 0 Å². The lowest BCUT2D eigenvalue weighted by atomic mass is 10.1. The van der Waals surface area contributed by atoms with E-state index in [1.165, 1.54) is 0 Å². The Hall–Kier alpha value is -0.180. The van der Waals surface area contributed by atoms with E-state index in [1.54, 1.807) is 25.8 Å². The summed E-state index contributed by atoms with van der Waals surface area (Å²) >= 11 is 0. The minimum absolute atomic E-state index is 0.139. The molecule has 0 amide bonds. The van der Waals surface area contributed by atoms with Crippen molar-refractivity contribution >= 4 is 0 Å². The van der Waals surface area contributed by atoms with Gasteiger partial charge in [0.1, 0.15) is 0 Å². The van der Waals surface area contributed by atoms with Crippen LogP contribution in [-0.4, -0.2) is 30.5 Å². The molecule has 0 fully saturated rings. The average molecular weight is 193 g/mol. The van der Waals surface area contributed by atoms with E-state index in [-0.39, 0.29) is 12.6 Å². The number of halogens is 2. The Balaban J connectivity index is 4.11. The molecule has 0 rings (SSSR count). The molecule has 3 heteroatoms. The molecule has 0 saturated carbocycles. The molecule has 0 heterocycles. The lowest BCUT2D eigenvalue weighted by Crippen LogP contribution is -2.42. The maximum absolute atomic E-state index is 13.3. The molecule has 0 N–H and O–H groups in total. The molecule has 0 aliphatic rings. The first-order valence-electron chi connectivity index (χ1n) is 4.89. The van der Waals surface area contributed by atoms with Crippen molar-refractivity contribution in [2.24, 2.45) is 5.92 Å². The predicted molar refractivity (Wildman–Crippen MR) is 52.2 cm³/mol. The van der Waals surface area contributed by atoms with Crippen molar-refractivity contribution in [2.75, 3.05) is 13.6 Å². The molecule has 0 spiro atoms. The molecule has 1 nitrogen and oxygen atoms in total. The van der Waals surface area contributed by atoms with Gasteiger partial charge in [0.15, 0.2) is 0 Å². The Morgan fingerprint density at radius 1 is 1.23 bits per heavy atom. The van der Waals surface area contributed by atoms with Crippen molar-refractivity contribution in [1.82, 2.24) is 4.90 Å². The molecule has 1 unspecified atom stereocenters. The maximum atomic E-state index is 13.3. The fraction of sp³-hybridized carbons (Fsp3) is 1.00. The molecule has 0 aromatic carbocycles. The van der Waals surface area contributed by atoms with Crippen LogP contribution in [0, 0.1) is 5.92 Å². The van der Waals surface area contributed by atoms with Crippen molar-refractivity contribution < 1.29 is 8.78 Å². The zero-order valence-electron chi connectivity index (χ0n) is 9.27. The van der Waals surface area contributed by atoms with Crippen molar-refractivity contribution in [1.29, 1.82) is 0 Å². The van der Waals surface area contributed by atoms with Gasteiger partial charge in [-0.1, -0.05) is 20.8 Å². The van der Waals surface area contributed by atoms with Crippen LogP contribution in [0.5, 0.6) is 0 Å². The first-order valence-corrected chi connectivity index (χ1v) is 4.89. The van der Waals surface area contributed by atoms with E-state index in [2.05, 4.69) is 0 Å². The monoisotopic (exact) mass is 193 g/mol. The topological polar surface area (TPSA) is 3.24 Å². The number of hydrogen-bond donors (Lipinski definition) is 0. The van der Waals surface area contributed by atoms with Gasteiger partial charge in [0.25, 0.3) is 5.92 Å². The number of hydrogen-bond acceptors (Lipinski definition) is 1. The first-order chi connectivity index (χ1) is 5.81. The Morgan fingerprint density at radius 3 is 2.00 bits per heavy atom. The van der Waals surface area contributed by atoms with Gasteiger partial charge in [-0.25, -0.2) is 8.78 Å². The molecular formula is C10H21F2N. The molecule has 0 aliphatic carbocycles. The molecular weight excluding hydrogens is 172 g/mol. The number of nitrogens with zero attached hydrogens (tertiary/aromatic N) is 1. The Bertz CT molecular complexity index is 146. The second-order valence-electron chi connectivity index (χ2n) is 4.09. The minimum Gasteiger partial charge on any atom is -0.298 e. The van der Waals surface area contributed by atoms with E-state index in [4.69, 9.17) is 0 Å². The van der Waals surface area contributed by atoms with Crippen LogP contribution in [-0.2, 0) is 0 Å². The quantitative estimate of drug-likeness (QED) is 0.648. The number of alkyl halides is 2. The van der Waals surface area contributed by atoms with Crippen LogP contribution >= 0.6 is 0 Å². The van der Waals surface area contributed by atoms with Crippen molar-refractivity contribution in [3.05, 3.63) is 0 Å². The summed E-state index contributed by atoms with van der Waals surface area (Å²) in [6.07, 6.45) is 0.907. The third-order valence-electron chi connectivity index (χ3n) is 2.65. The van der Waals surface area contributed by atoms with E-state index in [1.807, 2.05) is 13.8 Å². The van der Waals surface area contributed by atoms with Gasteiger partial charge in [-0.2, -0.15) is 0 Å². The van der Waals surface area contributed by atoms with E-state index >= 15 is 0 Å². The van der Waals surface area contributed by atoms with Gasteiger partial charge >= 0.3 is 0 Å². The third-order valence-corrected chi connectivity index (χ3v) is 2.65. The predicted octanol–water partition coefficient (Wildman–Crippen LogP) is 3.01. The van der Waals surface area contributed by atoms with Crippen LogP contribution in [0.25, 0.3) is 0 Å². The third kappa shape index (κ3) is 4.03. The van der Waals surface area contributed by atoms with Crippen LogP contribution in [0.1, 0.15) is 34.1 Å². The lowest BCUT2D eigenvalue weighted by molar-refractivity contribution is -0.0722. The zero-order valence-corrected chi connectivity index (χ0v) is 9.27. The summed E-state index contributed by atoms with van der Waals surface area (Å²) in [6, 6.07) is 0.227. The average Bonchev–Trinajstić information content (AvgIpc) is 2.01. The zero-order chi connectivity index (χ0) is 10.6. The fourth-order valence-corrected chi connectivity index (χ4v) is 0.983. The maximum Gasteiger partial charge on any atom is 0.262 e. The smallest absolute Gasteiger partial charge is 0.262 e. The van der Waals surface area contributed by atoms with Crippen LogP contribution < -0.4 is 0 Å². The van der Waals surface area contributed by atoms with Gasteiger partial charge in [0.2, 0.25) is 0 Å². The van der Waals surface area contributed by atoms with E-state index in [9.17, 15) is 8.78 Å². The summed E-state index contributed by atoms with van der Waals surface area (Å²) in [6.45, 7) is 6.96. The molecule has 0 radical (unpaired) electrons. The molecule has 0 saturated heterocycles. The lowest BCUT2D eigenvalue weighted by Gasteiger charge is -2.30. The van der Waals surface area contributed by atoms with Crippen LogP contribution in [0.3, 0.4) is 0 Å². The van der Waals surface area contributed by atoms with Crippen molar-refractivity contribution in [3.8, 4) is 0 Å². The highest BCUT2D eigenvalue weighted by atomic mass is 19.3. The Morgan fingerprint density at radius 2 is 1.69 bits per heavy atom. The highest BCUT2D eigenvalue weighted by molar-refractivity contribution is 4.76. The summed E-state index contributed by atoms with van der Waals surface area (Å²) in [5, 5.41) is 0. The van der Waals surface area contributed by atoms with Crippen LogP contribution in [0.2, 0.25) is 0 Å². The summed E-state index contributed by atoms with van der Waals surface area (Å²) < 4.78 is 26.5. The molecule has 13 heavy (non-hydrogen) atoms. The van der Waals surface area contributed by atoms with Gasteiger partial charge in [0, 0.05) is 12.0 Å². The van der Waals surface area contributed by atoms with Gasteiger partial charge < -0.3 is 0 Å². The molecule has 1 atom stereocenters. The molecule has 0 aromatic rings. The summed E-state index contributed by atoms with van der Waals surface area (Å²) in [7, 11) is 1.75. The van der Waals surface area contributed by atoms with Crippen molar-refractivity contribution in [3.63, 3.8) is 0 Å². The number of rotatable bonds is 5.